The Morgan fingerprint density at radius 1 is 1.33 bits per heavy atom. The second kappa shape index (κ2) is 7.35. The van der Waals surface area contributed by atoms with Gasteiger partial charge in [-0.25, -0.2) is 13.1 Å². The topological polar surface area (TPSA) is 61.4 Å². The van der Waals surface area contributed by atoms with Crippen LogP contribution in [0, 0.1) is 5.92 Å². The molecule has 5 nitrogen and oxygen atoms in total. The van der Waals surface area contributed by atoms with Gasteiger partial charge in [-0.3, -0.25) is 0 Å². The Hall–Kier alpha value is -0.950. The highest BCUT2D eigenvalue weighted by molar-refractivity contribution is 7.89. The monoisotopic (exact) mass is 311 g/mol. The van der Waals surface area contributed by atoms with Crippen LogP contribution in [0.2, 0.25) is 0 Å². The van der Waals surface area contributed by atoms with Crippen molar-refractivity contribution in [3.05, 3.63) is 29.8 Å². The van der Waals surface area contributed by atoms with E-state index >= 15 is 0 Å². The van der Waals surface area contributed by atoms with Gasteiger partial charge in [0, 0.05) is 19.6 Å². The Morgan fingerprint density at radius 2 is 2.10 bits per heavy atom. The molecule has 0 aromatic heterocycles. The quantitative estimate of drug-likeness (QED) is 0.789. The van der Waals surface area contributed by atoms with E-state index in [1.54, 1.807) is 12.1 Å². The van der Waals surface area contributed by atoms with Gasteiger partial charge in [0.25, 0.3) is 0 Å². The molecule has 1 aliphatic rings. The molecular weight excluding hydrogens is 286 g/mol. The molecule has 1 atom stereocenters. The summed E-state index contributed by atoms with van der Waals surface area (Å²) in [6.07, 6.45) is 1.06. The summed E-state index contributed by atoms with van der Waals surface area (Å²) in [6.45, 7) is 6.29. The Kier molecular flexibility index (Phi) is 5.75. The summed E-state index contributed by atoms with van der Waals surface area (Å²) in [7, 11) is -1.62. The van der Waals surface area contributed by atoms with E-state index in [9.17, 15) is 8.42 Å². The number of benzene rings is 1. The second-order valence-corrected chi connectivity index (χ2v) is 7.27. The predicted octanol–water partition coefficient (Wildman–Crippen LogP) is 1.03. The molecule has 1 aromatic carbocycles. The SMILES string of the molecule is CCN1CCC(CNS(=O)(=O)c2ccccc2CNC)C1. The lowest BCUT2D eigenvalue weighted by Gasteiger charge is -2.15. The molecule has 1 heterocycles. The molecule has 1 aliphatic heterocycles. The van der Waals surface area contributed by atoms with Crippen LogP contribution in [-0.2, 0) is 16.6 Å². The van der Waals surface area contributed by atoms with Gasteiger partial charge >= 0.3 is 0 Å². The zero-order chi connectivity index (χ0) is 15.3. The minimum absolute atomic E-state index is 0.379. The molecule has 0 radical (unpaired) electrons. The van der Waals surface area contributed by atoms with E-state index in [1.807, 2.05) is 19.2 Å². The van der Waals surface area contributed by atoms with Crippen LogP contribution in [-0.4, -0.2) is 46.5 Å². The first-order valence-electron chi connectivity index (χ1n) is 7.51. The fourth-order valence-corrected chi connectivity index (χ4v) is 4.13. The lowest BCUT2D eigenvalue weighted by atomic mass is 10.1. The number of rotatable bonds is 7. The van der Waals surface area contributed by atoms with Gasteiger partial charge in [-0.05, 0) is 44.1 Å². The lowest BCUT2D eigenvalue weighted by molar-refractivity contribution is 0.342. The number of hydrogen-bond donors (Lipinski definition) is 2. The fourth-order valence-electron chi connectivity index (χ4n) is 2.77. The van der Waals surface area contributed by atoms with Crippen molar-refractivity contribution in [2.45, 2.75) is 24.8 Å². The minimum atomic E-state index is -3.43. The maximum Gasteiger partial charge on any atom is 0.240 e. The first-order chi connectivity index (χ1) is 10.1. The lowest BCUT2D eigenvalue weighted by Crippen LogP contribution is -2.31. The number of hydrogen-bond acceptors (Lipinski definition) is 4. The van der Waals surface area contributed by atoms with Crippen LogP contribution in [0.15, 0.2) is 29.2 Å². The van der Waals surface area contributed by atoms with Gasteiger partial charge in [0.05, 0.1) is 4.90 Å². The number of nitrogens with one attached hydrogen (secondary N) is 2. The standard InChI is InChI=1S/C15H25N3O2S/c1-3-18-9-8-13(12-18)10-17-21(19,20)15-7-5-4-6-14(15)11-16-2/h4-7,13,16-17H,3,8-12H2,1-2H3. The fraction of sp³-hybridized carbons (Fsp3) is 0.600. The molecule has 0 aliphatic carbocycles. The maximum atomic E-state index is 12.5. The third-order valence-corrected chi connectivity index (χ3v) is 5.53. The second-order valence-electron chi connectivity index (χ2n) is 5.54. The van der Waals surface area contributed by atoms with Crippen molar-refractivity contribution in [3.8, 4) is 0 Å². The van der Waals surface area contributed by atoms with E-state index in [-0.39, 0.29) is 0 Å². The van der Waals surface area contributed by atoms with Crippen LogP contribution >= 0.6 is 0 Å². The average molecular weight is 311 g/mol. The van der Waals surface area contributed by atoms with Crippen LogP contribution < -0.4 is 10.0 Å². The Morgan fingerprint density at radius 3 is 2.76 bits per heavy atom. The predicted molar refractivity (Wildman–Crippen MR) is 84.6 cm³/mol. The van der Waals surface area contributed by atoms with Crippen molar-refractivity contribution >= 4 is 10.0 Å². The minimum Gasteiger partial charge on any atom is -0.316 e. The zero-order valence-electron chi connectivity index (χ0n) is 12.8. The zero-order valence-corrected chi connectivity index (χ0v) is 13.6. The largest absolute Gasteiger partial charge is 0.316 e. The van der Waals surface area contributed by atoms with E-state index in [0.717, 1.165) is 31.6 Å². The van der Waals surface area contributed by atoms with Crippen LogP contribution in [0.5, 0.6) is 0 Å². The molecule has 1 saturated heterocycles. The molecule has 118 valence electrons. The van der Waals surface area contributed by atoms with Gasteiger partial charge in [0.1, 0.15) is 0 Å². The highest BCUT2D eigenvalue weighted by Crippen LogP contribution is 2.18. The number of nitrogens with zero attached hydrogens (tertiary/aromatic N) is 1. The Labute approximate surface area is 127 Å². The van der Waals surface area contributed by atoms with Crippen LogP contribution in [0.4, 0.5) is 0 Å². The summed E-state index contributed by atoms with van der Waals surface area (Å²) < 4.78 is 27.7. The van der Waals surface area contributed by atoms with Gasteiger partial charge in [-0.2, -0.15) is 0 Å². The maximum absolute atomic E-state index is 12.5. The molecule has 0 spiro atoms. The average Bonchev–Trinajstić information content (AvgIpc) is 2.94. The third-order valence-electron chi connectivity index (χ3n) is 4.01. The van der Waals surface area contributed by atoms with Gasteiger partial charge in [0.2, 0.25) is 10.0 Å². The summed E-state index contributed by atoms with van der Waals surface area (Å²) in [5.41, 5.74) is 0.800. The van der Waals surface area contributed by atoms with Crippen molar-refractivity contribution in [1.29, 1.82) is 0 Å². The normalized spacial score (nSPS) is 20.0. The number of sulfonamides is 1. The molecular formula is C15H25N3O2S. The smallest absolute Gasteiger partial charge is 0.240 e. The summed E-state index contributed by atoms with van der Waals surface area (Å²) >= 11 is 0. The van der Waals surface area contributed by atoms with Gasteiger partial charge in [-0.1, -0.05) is 25.1 Å². The van der Waals surface area contributed by atoms with Crippen LogP contribution in [0.1, 0.15) is 18.9 Å². The van der Waals surface area contributed by atoms with Crippen molar-refractivity contribution in [2.75, 3.05) is 33.2 Å². The summed E-state index contributed by atoms with van der Waals surface area (Å²) in [5, 5.41) is 3.01. The highest BCUT2D eigenvalue weighted by atomic mass is 32.2. The van der Waals surface area contributed by atoms with Crippen molar-refractivity contribution < 1.29 is 8.42 Å². The van der Waals surface area contributed by atoms with E-state index in [1.165, 1.54) is 0 Å². The molecule has 0 bridgehead atoms. The van der Waals surface area contributed by atoms with Crippen molar-refractivity contribution in [2.24, 2.45) is 5.92 Å². The summed E-state index contributed by atoms with van der Waals surface area (Å²) in [6, 6.07) is 7.14. The molecule has 0 saturated carbocycles. The van der Waals surface area contributed by atoms with E-state index < -0.39 is 10.0 Å². The molecule has 1 fully saturated rings. The van der Waals surface area contributed by atoms with Gasteiger partial charge in [0.15, 0.2) is 0 Å². The first-order valence-corrected chi connectivity index (χ1v) is 8.99. The molecule has 0 amide bonds. The third kappa shape index (κ3) is 4.26. The van der Waals surface area contributed by atoms with E-state index in [2.05, 4.69) is 21.9 Å². The highest BCUT2D eigenvalue weighted by Gasteiger charge is 2.24. The Balaban J connectivity index is 2.02. The first kappa shape index (κ1) is 16.4. The molecule has 2 N–H and O–H groups in total. The van der Waals surface area contributed by atoms with Gasteiger partial charge < -0.3 is 10.2 Å². The number of likely N-dealkylation sites (tertiary alicyclic amines) is 1. The Bertz CT molecular complexity index is 560. The van der Waals surface area contributed by atoms with E-state index in [4.69, 9.17) is 0 Å². The molecule has 1 unspecified atom stereocenters. The van der Waals surface area contributed by atoms with E-state index in [0.29, 0.717) is 23.9 Å². The van der Waals surface area contributed by atoms with Crippen LogP contribution in [0.25, 0.3) is 0 Å². The van der Waals surface area contributed by atoms with Crippen molar-refractivity contribution in [1.82, 2.24) is 14.9 Å². The van der Waals surface area contributed by atoms with Crippen LogP contribution in [0.3, 0.4) is 0 Å². The summed E-state index contributed by atoms with van der Waals surface area (Å²) in [4.78, 5) is 2.73. The molecule has 21 heavy (non-hydrogen) atoms. The molecule has 6 heteroatoms. The van der Waals surface area contributed by atoms with Gasteiger partial charge in [-0.15, -0.1) is 0 Å². The van der Waals surface area contributed by atoms with Crippen molar-refractivity contribution in [3.63, 3.8) is 0 Å². The summed E-state index contributed by atoms with van der Waals surface area (Å²) in [5.74, 6) is 0.413. The molecule has 1 aromatic rings. The molecule has 2 rings (SSSR count).